The molecule has 4 heteroatoms. The molecule has 0 fully saturated rings. The Hall–Kier alpha value is -1.06. The molecule has 1 aromatic carbocycles. The van der Waals surface area contributed by atoms with E-state index in [1.807, 2.05) is 30.3 Å². The summed E-state index contributed by atoms with van der Waals surface area (Å²) >= 11 is 5.93. The van der Waals surface area contributed by atoms with Gasteiger partial charge in [-0.05, 0) is 12.0 Å². The van der Waals surface area contributed by atoms with E-state index >= 15 is 0 Å². The molecule has 0 aromatic heterocycles. The van der Waals surface area contributed by atoms with Gasteiger partial charge in [0.1, 0.15) is 6.10 Å². The quantitative estimate of drug-likeness (QED) is 0.0973. The zero-order valence-corrected chi connectivity index (χ0v) is 21.3. The third-order valence-electron chi connectivity index (χ3n) is 5.87. The largest absolute Gasteiger partial charge is 0.459 e. The molecule has 0 heterocycles. The Kier molecular flexibility index (Phi) is 19.7. The van der Waals surface area contributed by atoms with Gasteiger partial charge >= 0.3 is 5.97 Å². The summed E-state index contributed by atoms with van der Waals surface area (Å²) in [5.41, 5.74) is 1.10. The van der Waals surface area contributed by atoms with Crippen LogP contribution in [-0.2, 0) is 20.9 Å². The zero-order valence-electron chi connectivity index (χ0n) is 20.5. The van der Waals surface area contributed by atoms with Gasteiger partial charge in [0.25, 0.3) is 0 Å². The zero-order chi connectivity index (χ0) is 23.1. The predicted octanol–water partition coefficient (Wildman–Crippen LogP) is 8.62. The molecular weight excluding hydrogens is 420 g/mol. The van der Waals surface area contributed by atoms with E-state index in [4.69, 9.17) is 21.1 Å². The molecule has 1 atom stereocenters. The number of alkyl halides is 1. The molecule has 0 saturated carbocycles. The van der Waals surface area contributed by atoms with Gasteiger partial charge < -0.3 is 9.47 Å². The average Bonchev–Trinajstić information content (AvgIpc) is 2.81. The van der Waals surface area contributed by atoms with Crippen molar-refractivity contribution < 1.29 is 14.3 Å². The van der Waals surface area contributed by atoms with E-state index in [1.165, 1.54) is 83.5 Å². The molecule has 0 radical (unpaired) electrons. The minimum absolute atomic E-state index is 0.159. The number of ether oxygens (including phenoxy) is 2. The van der Waals surface area contributed by atoms with E-state index in [9.17, 15) is 4.79 Å². The van der Waals surface area contributed by atoms with Crippen LogP contribution in [0.15, 0.2) is 30.3 Å². The number of benzene rings is 1. The minimum atomic E-state index is -0.371. The summed E-state index contributed by atoms with van der Waals surface area (Å²) in [6.45, 7) is 3.12. The van der Waals surface area contributed by atoms with Crippen LogP contribution in [0.2, 0.25) is 0 Å². The van der Waals surface area contributed by atoms with Crippen molar-refractivity contribution in [3.63, 3.8) is 0 Å². The van der Waals surface area contributed by atoms with Gasteiger partial charge in [0.05, 0.1) is 19.1 Å². The highest BCUT2D eigenvalue weighted by molar-refractivity contribution is 6.18. The van der Waals surface area contributed by atoms with E-state index in [0.29, 0.717) is 19.6 Å². The molecular formula is C28H47ClO3. The summed E-state index contributed by atoms with van der Waals surface area (Å²) in [4.78, 5) is 12.0. The first-order valence-electron chi connectivity index (χ1n) is 13.1. The Morgan fingerprint density at radius 3 is 1.78 bits per heavy atom. The van der Waals surface area contributed by atoms with Crippen LogP contribution in [-0.4, -0.2) is 24.6 Å². The van der Waals surface area contributed by atoms with Gasteiger partial charge in [0, 0.05) is 6.42 Å². The first-order chi connectivity index (χ1) is 15.8. The van der Waals surface area contributed by atoms with E-state index in [-0.39, 0.29) is 18.0 Å². The highest BCUT2D eigenvalue weighted by Gasteiger charge is 2.13. The summed E-state index contributed by atoms with van der Waals surface area (Å²) < 4.78 is 11.1. The van der Waals surface area contributed by atoms with Crippen molar-refractivity contribution in [1.82, 2.24) is 0 Å². The van der Waals surface area contributed by atoms with Crippen molar-refractivity contribution in [2.45, 2.75) is 122 Å². The van der Waals surface area contributed by atoms with E-state index in [0.717, 1.165) is 18.4 Å². The Bertz CT molecular complexity index is 535. The average molecular weight is 467 g/mol. The number of unbranched alkanes of at least 4 members (excludes halogenated alkanes) is 14. The Labute approximate surface area is 202 Å². The number of hydrogen-bond acceptors (Lipinski definition) is 3. The molecule has 0 N–H and O–H groups in total. The number of rotatable bonds is 22. The van der Waals surface area contributed by atoms with Crippen molar-refractivity contribution >= 4 is 17.6 Å². The fourth-order valence-corrected chi connectivity index (χ4v) is 4.03. The van der Waals surface area contributed by atoms with Crippen LogP contribution in [0.3, 0.4) is 0 Å². The Morgan fingerprint density at radius 2 is 1.28 bits per heavy atom. The summed E-state index contributed by atoms with van der Waals surface area (Å²) in [7, 11) is 0. The maximum Gasteiger partial charge on any atom is 0.306 e. The van der Waals surface area contributed by atoms with Gasteiger partial charge in [-0.3, -0.25) is 4.79 Å². The van der Waals surface area contributed by atoms with Gasteiger partial charge in [-0.2, -0.15) is 0 Å². The number of carbonyl (C=O) groups excluding carboxylic acids is 1. The minimum Gasteiger partial charge on any atom is -0.459 e. The summed E-state index contributed by atoms with van der Waals surface area (Å²) in [6.07, 6.45) is 19.9. The first-order valence-corrected chi connectivity index (χ1v) is 13.7. The second-order valence-electron chi connectivity index (χ2n) is 8.97. The van der Waals surface area contributed by atoms with Gasteiger partial charge in [0.15, 0.2) is 0 Å². The van der Waals surface area contributed by atoms with Crippen molar-refractivity contribution in [3.8, 4) is 0 Å². The lowest BCUT2D eigenvalue weighted by molar-refractivity contribution is -0.151. The monoisotopic (exact) mass is 466 g/mol. The molecule has 0 aliphatic heterocycles. The Balaban J connectivity index is 1.88. The van der Waals surface area contributed by atoms with E-state index in [1.54, 1.807) is 0 Å². The van der Waals surface area contributed by atoms with Gasteiger partial charge in [-0.15, -0.1) is 11.6 Å². The molecule has 3 nitrogen and oxygen atoms in total. The number of halogens is 1. The SMILES string of the molecule is CCCCCCCCCCCCCCCCCC(=O)O[C@H](CCl)COCc1ccccc1. The van der Waals surface area contributed by atoms with Gasteiger partial charge in [0.2, 0.25) is 0 Å². The molecule has 0 bridgehead atoms. The lowest BCUT2D eigenvalue weighted by Gasteiger charge is -2.15. The van der Waals surface area contributed by atoms with Crippen LogP contribution in [0.5, 0.6) is 0 Å². The normalized spacial score (nSPS) is 12.1. The lowest BCUT2D eigenvalue weighted by atomic mass is 10.0. The number of carbonyl (C=O) groups is 1. The third-order valence-corrected chi connectivity index (χ3v) is 6.21. The van der Waals surface area contributed by atoms with Crippen LogP contribution in [0.4, 0.5) is 0 Å². The van der Waals surface area contributed by atoms with Crippen LogP contribution in [0.25, 0.3) is 0 Å². The fourth-order valence-electron chi connectivity index (χ4n) is 3.88. The molecule has 0 saturated heterocycles. The molecule has 0 aliphatic carbocycles. The van der Waals surface area contributed by atoms with Crippen LogP contribution < -0.4 is 0 Å². The Morgan fingerprint density at radius 1 is 0.781 bits per heavy atom. The molecule has 0 unspecified atom stereocenters. The van der Waals surface area contributed by atoms with Crippen molar-refractivity contribution in [1.29, 1.82) is 0 Å². The summed E-state index contributed by atoms with van der Waals surface area (Å²) in [5.74, 6) is 0.105. The highest BCUT2D eigenvalue weighted by Crippen LogP contribution is 2.14. The topological polar surface area (TPSA) is 35.5 Å². The first kappa shape index (κ1) is 29.0. The summed E-state index contributed by atoms with van der Waals surface area (Å²) in [5, 5.41) is 0. The van der Waals surface area contributed by atoms with Crippen LogP contribution in [0, 0.1) is 0 Å². The maximum atomic E-state index is 12.0. The molecule has 184 valence electrons. The highest BCUT2D eigenvalue weighted by atomic mass is 35.5. The number of hydrogen-bond donors (Lipinski definition) is 0. The standard InChI is InChI=1S/C28H47ClO3/c1-2-3-4-5-6-7-8-9-10-11-12-13-14-15-19-22-28(30)32-27(23-29)25-31-24-26-20-17-16-18-21-26/h16-18,20-21,27H,2-15,19,22-25H2,1H3/t27-/m1/s1. The lowest BCUT2D eigenvalue weighted by Crippen LogP contribution is -2.25. The fraction of sp³-hybridized carbons (Fsp3) is 0.750. The molecule has 1 aromatic rings. The molecule has 0 aliphatic rings. The second-order valence-corrected chi connectivity index (χ2v) is 9.28. The van der Waals surface area contributed by atoms with Crippen LogP contribution >= 0.6 is 11.6 Å². The van der Waals surface area contributed by atoms with Crippen molar-refractivity contribution in [3.05, 3.63) is 35.9 Å². The maximum absolute atomic E-state index is 12.0. The second kappa shape index (κ2) is 21.8. The molecule has 0 spiro atoms. The van der Waals surface area contributed by atoms with E-state index < -0.39 is 0 Å². The predicted molar refractivity (Wildman–Crippen MR) is 136 cm³/mol. The smallest absolute Gasteiger partial charge is 0.306 e. The summed E-state index contributed by atoms with van der Waals surface area (Å²) in [6, 6.07) is 9.96. The molecule has 32 heavy (non-hydrogen) atoms. The van der Waals surface area contributed by atoms with Crippen molar-refractivity contribution in [2.75, 3.05) is 12.5 Å². The molecule has 0 amide bonds. The van der Waals surface area contributed by atoms with E-state index in [2.05, 4.69) is 6.92 Å². The van der Waals surface area contributed by atoms with Crippen molar-refractivity contribution in [2.24, 2.45) is 0 Å². The molecule has 1 rings (SSSR count). The third kappa shape index (κ3) is 17.5. The van der Waals surface area contributed by atoms with Gasteiger partial charge in [-0.1, -0.05) is 127 Å². The number of esters is 1. The van der Waals surface area contributed by atoms with Gasteiger partial charge in [-0.25, -0.2) is 0 Å². The van der Waals surface area contributed by atoms with Crippen LogP contribution in [0.1, 0.15) is 115 Å².